The predicted octanol–water partition coefficient (Wildman–Crippen LogP) is 1.86. The number of nitrogens with one attached hydrogen (secondary N) is 2. The van der Waals surface area contributed by atoms with Gasteiger partial charge in [-0.15, -0.1) is 0 Å². The molecule has 2 saturated heterocycles. The summed E-state index contributed by atoms with van der Waals surface area (Å²) in [6, 6.07) is 6.51. The Morgan fingerprint density at radius 1 is 1.05 bits per heavy atom. The summed E-state index contributed by atoms with van der Waals surface area (Å²) in [4.78, 5) is 0.390. The molecule has 3 rings (SSSR count). The van der Waals surface area contributed by atoms with Crippen LogP contribution in [-0.4, -0.2) is 26.5 Å². The molecule has 0 spiro atoms. The van der Waals surface area contributed by atoms with E-state index in [2.05, 4.69) is 10.0 Å². The second-order valence-electron chi connectivity index (χ2n) is 6.25. The van der Waals surface area contributed by atoms with Crippen LogP contribution in [0.5, 0.6) is 0 Å². The number of fused-ring (bicyclic) bond motifs is 2. The second-order valence-corrected chi connectivity index (χ2v) is 7.96. The molecular formula is C15H22N2O2S. The Bertz CT molecular complexity index is 580. The normalized spacial score (nSPS) is 29.6. The van der Waals surface area contributed by atoms with E-state index < -0.39 is 10.0 Å². The van der Waals surface area contributed by atoms with Crippen molar-refractivity contribution in [2.24, 2.45) is 0 Å². The van der Waals surface area contributed by atoms with Crippen molar-refractivity contribution in [2.75, 3.05) is 0 Å². The van der Waals surface area contributed by atoms with E-state index in [9.17, 15) is 8.42 Å². The van der Waals surface area contributed by atoms with Crippen LogP contribution in [0.15, 0.2) is 23.1 Å². The highest BCUT2D eigenvalue weighted by Gasteiger charge is 2.35. The van der Waals surface area contributed by atoms with E-state index in [0.717, 1.165) is 24.0 Å². The van der Waals surface area contributed by atoms with E-state index in [4.69, 9.17) is 0 Å². The molecule has 0 saturated carbocycles. The van der Waals surface area contributed by atoms with E-state index in [1.54, 1.807) is 12.1 Å². The minimum atomic E-state index is -3.40. The molecule has 2 N–H and O–H groups in total. The van der Waals surface area contributed by atoms with E-state index >= 15 is 0 Å². The number of piperidine rings is 1. The lowest BCUT2D eigenvalue weighted by atomic mass is 10.0. The SMILES string of the molecule is Cc1cc(C)cc(S(=O)(=O)NC2CC3CCC(C2)N3)c1. The van der Waals surface area contributed by atoms with Gasteiger partial charge in [-0.2, -0.15) is 0 Å². The molecule has 20 heavy (non-hydrogen) atoms. The summed E-state index contributed by atoms with van der Waals surface area (Å²) in [7, 11) is -3.40. The fraction of sp³-hybridized carbons (Fsp3) is 0.600. The van der Waals surface area contributed by atoms with Gasteiger partial charge in [-0.3, -0.25) is 0 Å². The standard InChI is InChI=1S/C15H22N2O2S/c1-10-5-11(2)7-15(6-10)20(18,19)17-14-8-12-3-4-13(9-14)16-12/h5-7,12-14,16-17H,3-4,8-9H2,1-2H3. The topological polar surface area (TPSA) is 58.2 Å². The monoisotopic (exact) mass is 294 g/mol. The Hall–Kier alpha value is -0.910. The van der Waals surface area contributed by atoms with E-state index in [-0.39, 0.29) is 6.04 Å². The number of benzene rings is 1. The van der Waals surface area contributed by atoms with Crippen molar-refractivity contribution >= 4 is 10.0 Å². The molecule has 0 radical (unpaired) electrons. The Labute approximate surface area is 121 Å². The molecule has 0 amide bonds. The minimum Gasteiger partial charge on any atom is -0.311 e. The third-order valence-corrected chi connectivity index (χ3v) is 5.80. The molecule has 2 heterocycles. The molecule has 2 unspecified atom stereocenters. The second kappa shape index (κ2) is 5.13. The van der Waals surface area contributed by atoms with Crippen molar-refractivity contribution in [2.45, 2.75) is 62.6 Å². The molecule has 1 aromatic carbocycles. The van der Waals surface area contributed by atoms with Gasteiger partial charge in [0.15, 0.2) is 0 Å². The minimum absolute atomic E-state index is 0.0690. The van der Waals surface area contributed by atoms with Gasteiger partial charge in [0.2, 0.25) is 10.0 Å². The zero-order valence-electron chi connectivity index (χ0n) is 12.0. The summed E-state index contributed by atoms with van der Waals surface area (Å²) in [5, 5.41) is 3.53. The molecule has 5 heteroatoms. The highest BCUT2D eigenvalue weighted by Crippen LogP contribution is 2.27. The first kappa shape index (κ1) is 14.0. The first-order valence-corrected chi connectivity index (χ1v) is 8.77. The number of sulfonamides is 1. The Morgan fingerprint density at radius 2 is 1.60 bits per heavy atom. The van der Waals surface area contributed by atoms with Crippen LogP contribution < -0.4 is 10.0 Å². The quantitative estimate of drug-likeness (QED) is 0.894. The molecule has 2 aliphatic heterocycles. The van der Waals surface area contributed by atoms with Crippen LogP contribution in [0.4, 0.5) is 0 Å². The maximum atomic E-state index is 12.5. The van der Waals surface area contributed by atoms with Gasteiger partial charge in [-0.05, 0) is 62.8 Å². The van der Waals surface area contributed by atoms with Gasteiger partial charge < -0.3 is 5.32 Å². The van der Waals surface area contributed by atoms with Crippen LogP contribution in [0.1, 0.15) is 36.8 Å². The number of hydrogen-bond donors (Lipinski definition) is 2. The number of hydrogen-bond acceptors (Lipinski definition) is 3. The summed E-state index contributed by atoms with van der Waals surface area (Å²) in [6.45, 7) is 3.85. The van der Waals surface area contributed by atoms with Gasteiger partial charge in [-0.1, -0.05) is 6.07 Å². The van der Waals surface area contributed by atoms with Crippen LogP contribution in [-0.2, 0) is 10.0 Å². The van der Waals surface area contributed by atoms with Gasteiger partial charge in [0.05, 0.1) is 4.90 Å². The summed E-state index contributed by atoms with van der Waals surface area (Å²) in [6.07, 6.45) is 4.15. The van der Waals surface area contributed by atoms with Crippen molar-refractivity contribution in [3.63, 3.8) is 0 Å². The molecule has 2 bridgehead atoms. The van der Waals surface area contributed by atoms with Crippen molar-refractivity contribution in [1.82, 2.24) is 10.0 Å². The number of rotatable bonds is 3. The van der Waals surface area contributed by atoms with Gasteiger partial charge in [0.25, 0.3) is 0 Å². The van der Waals surface area contributed by atoms with Gasteiger partial charge in [-0.25, -0.2) is 13.1 Å². The van der Waals surface area contributed by atoms with Crippen molar-refractivity contribution in [1.29, 1.82) is 0 Å². The van der Waals surface area contributed by atoms with Gasteiger partial charge >= 0.3 is 0 Å². The molecule has 2 atom stereocenters. The lowest BCUT2D eigenvalue weighted by Gasteiger charge is -2.29. The van der Waals surface area contributed by atoms with Crippen LogP contribution in [0.2, 0.25) is 0 Å². The Kier molecular flexibility index (Phi) is 3.60. The van der Waals surface area contributed by atoms with E-state index in [1.807, 2.05) is 19.9 Å². The lowest BCUT2D eigenvalue weighted by Crippen LogP contribution is -2.47. The largest absolute Gasteiger partial charge is 0.311 e. The zero-order valence-corrected chi connectivity index (χ0v) is 12.8. The third kappa shape index (κ3) is 2.90. The van der Waals surface area contributed by atoms with Crippen LogP contribution in [0.3, 0.4) is 0 Å². The molecule has 2 aliphatic rings. The average molecular weight is 294 g/mol. The van der Waals surface area contributed by atoms with Crippen LogP contribution in [0.25, 0.3) is 0 Å². The lowest BCUT2D eigenvalue weighted by molar-refractivity contribution is 0.345. The maximum absolute atomic E-state index is 12.5. The molecule has 0 aromatic heterocycles. The summed E-state index contributed by atoms with van der Waals surface area (Å²) < 4.78 is 27.9. The van der Waals surface area contributed by atoms with Gasteiger partial charge in [0.1, 0.15) is 0 Å². The van der Waals surface area contributed by atoms with Crippen LogP contribution >= 0.6 is 0 Å². The Balaban J connectivity index is 1.78. The summed E-state index contributed by atoms with van der Waals surface area (Å²) >= 11 is 0. The molecule has 1 aromatic rings. The molecule has 4 nitrogen and oxygen atoms in total. The van der Waals surface area contributed by atoms with Gasteiger partial charge in [0, 0.05) is 18.1 Å². The first-order chi connectivity index (χ1) is 9.42. The molecule has 0 aliphatic carbocycles. The van der Waals surface area contributed by atoms with E-state index in [1.165, 1.54) is 12.8 Å². The Morgan fingerprint density at radius 3 is 2.15 bits per heavy atom. The first-order valence-electron chi connectivity index (χ1n) is 7.29. The highest BCUT2D eigenvalue weighted by molar-refractivity contribution is 7.89. The highest BCUT2D eigenvalue weighted by atomic mass is 32.2. The molecular weight excluding hydrogens is 272 g/mol. The maximum Gasteiger partial charge on any atom is 0.240 e. The number of aryl methyl sites for hydroxylation is 2. The third-order valence-electron chi connectivity index (χ3n) is 4.30. The fourth-order valence-electron chi connectivity index (χ4n) is 3.53. The molecule has 2 fully saturated rings. The van der Waals surface area contributed by atoms with Crippen molar-refractivity contribution in [3.8, 4) is 0 Å². The predicted molar refractivity (Wildman–Crippen MR) is 79.2 cm³/mol. The zero-order chi connectivity index (χ0) is 14.3. The van der Waals surface area contributed by atoms with Crippen LogP contribution in [0, 0.1) is 13.8 Å². The smallest absolute Gasteiger partial charge is 0.240 e. The average Bonchev–Trinajstić information content (AvgIpc) is 2.67. The van der Waals surface area contributed by atoms with Crippen molar-refractivity contribution < 1.29 is 8.42 Å². The summed E-state index contributed by atoms with van der Waals surface area (Å²) in [5.41, 5.74) is 1.96. The van der Waals surface area contributed by atoms with E-state index in [0.29, 0.717) is 17.0 Å². The van der Waals surface area contributed by atoms with Crippen molar-refractivity contribution in [3.05, 3.63) is 29.3 Å². The summed E-state index contributed by atoms with van der Waals surface area (Å²) in [5.74, 6) is 0. The fourth-order valence-corrected chi connectivity index (χ4v) is 4.98. The molecule has 110 valence electrons.